The first-order valence-corrected chi connectivity index (χ1v) is 10.3. The lowest BCUT2D eigenvalue weighted by Gasteiger charge is -2.27. The summed E-state index contributed by atoms with van der Waals surface area (Å²) in [7, 11) is 0. The molecule has 0 unspecified atom stereocenters. The fraction of sp³-hybridized carbons (Fsp3) is 0.417. The van der Waals surface area contributed by atoms with Gasteiger partial charge in [0.25, 0.3) is 0 Å². The SMILES string of the molecule is Cc1ccc2cc(-c3cnc([C@@H]4CCCN4C(=O)[C@@H](C)C(C)C)[nH]3)ccc2c1. The molecule has 1 N–H and O–H groups in total. The second-order valence-electron chi connectivity index (χ2n) is 8.47. The molecule has 2 heterocycles. The summed E-state index contributed by atoms with van der Waals surface area (Å²) in [5.41, 5.74) is 3.40. The highest BCUT2D eigenvalue weighted by Gasteiger charge is 2.34. The van der Waals surface area contributed by atoms with Gasteiger partial charge in [0, 0.05) is 18.0 Å². The van der Waals surface area contributed by atoms with E-state index in [1.807, 2.05) is 18.0 Å². The molecule has 1 amide bonds. The van der Waals surface area contributed by atoms with Crippen LogP contribution in [-0.2, 0) is 4.79 Å². The number of aromatic nitrogens is 2. The van der Waals surface area contributed by atoms with E-state index < -0.39 is 0 Å². The Labute approximate surface area is 167 Å². The van der Waals surface area contributed by atoms with Gasteiger partial charge in [-0.2, -0.15) is 0 Å². The van der Waals surface area contributed by atoms with Crippen LogP contribution in [0, 0.1) is 18.8 Å². The van der Waals surface area contributed by atoms with Crippen molar-refractivity contribution in [1.82, 2.24) is 14.9 Å². The molecule has 0 radical (unpaired) electrons. The van der Waals surface area contributed by atoms with Crippen molar-refractivity contribution >= 4 is 16.7 Å². The summed E-state index contributed by atoms with van der Waals surface area (Å²) in [6.45, 7) is 9.20. The van der Waals surface area contributed by atoms with Crippen LogP contribution in [0.1, 0.15) is 51.0 Å². The molecule has 0 saturated carbocycles. The lowest BCUT2D eigenvalue weighted by molar-refractivity contribution is -0.137. The molecule has 0 bridgehead atoms. The summed E-state index contributed by atoms with van der Waals surface area (Å²) in [5.74, 6) is 1.54. The third-order valence-corrected chi connectivity index (χ3v) is 6.14. The Kier molecular flexibility index (Phi) is 4.96. The van der Waals surface area contributed by atoms with Crippen LogP contribution in [0.4, 0.5) is 0 Å². The molecule has 2 atom stereocenters. The maximum atomic E-state index is 12.9. The highest BCUT2D eigenvalue weighted by molar-refractivity contribution is 5.87. The van der Waals surface area contributed by atoms with Gasteiger partial charge in [-0.25, -0.2) is 4.98 Å². The summed E-state index contributed by atoms with van der Waals surface area (Å²) < 4.78 is 0. The van der Waals surface area contributed by atoms with Gasteiger partial charge in [-0.15, -0.1) is 0 Å². The van der Waals surface area contributed by atoms with Crippen molar-refractivity contribution in [3.8, 4) is 11.3 Å². The monoisotopic (exact) mass is 375 g/mol. The molecule has 146 valence electrons. The number of rotatable bonds is 4. The number of carbonyl (C=O) groups is 1. The van der Waals surface area contributed by atoms with E-state index in [9.17, 15) is 4.79 Å². The van der Waals surface area contributed by atoms with Crippen molar-refractivity contribution in [2.75, 3.05) is 6.54 Å². The Morgan fingerprint density at radius 3 is 2.68 bits per heavy atom. The lowest BCUT2D eigenvalue weighted by atomic mass is 9.96. The molecule has 1 saturated heterocycles. The van der Waals surface area contributed by atoms with Gasteiger partial charge in [-0.05, 0) is 42.5 Å². The Morgan fingerprint density at radius 1 is 1.14 bits per heavy atom. The normalized spacial score (nSPS) is 18.2. The second-order valence-corrected chi connectivity index (χ2v) is 8.47. The highest BCUT2D eigenvalue weighted by Crippen LogP contribution is 2.34. The van der Waals surface area contributed by atoms with Gasteiger partial charge in [-0.3, -0.25) is 4.79 Å². The summed E-state index contributed by atoms with van der Waals surface area (Å²) in [5, 5.41) is 2.47. The van der Waals surface area contributed by atoms with Gasteiger partial charge < -0.3 is 9.88 Å². The minimum absolute atomic E-state index is 0.0407. The number of nitrogens with one attached hydrogen (secondary N) is 1. The number of aromatic amines is 1. The number of hydrogen-bond acceptors (Lipinski definition) is 2. The van der Waals surface area contributed by atoms with Gasteiger partial charge in [0.2, 0.25) is 5.91 Å². The smallest absolute Gasteiger partial charge is 0.226 e. The number of amides is 1. The summed E-state index contributed by atoms with van der Waals surface area (Å²) in [4.78, 5) is 23.1. The summed E-state index contributed by atoms with van der Waals surface area (Å²) in [6.07, 6.45) is 3.91. The van der Waals surface area contributed by atoms with Gasteiger partial charge in [0.1, 0.15) is 5.82 Å². The molecule has 1 aromatic heterocycles. The molecule has 28 heavy (non-hydrogen) atoms. The standard InChI is InChI=1S/C24H29N3O/c1-15(2)17(4)24(28)27-11-5-6-22(27)23-25-14-21(26-23)20-10-9-18-12-16(3)7-8-19(18)13-20/h7-10,12-15,17,22H,5-6,11H2,1-4H3,(H,25,26)/t17-,22-/m0/s1. The van der Waals surface area contributed by atoms with Crippen LogP contribution in [0.3, 0.4) is 0 Å². The fourth-order valence-electron chi connectivity index (χ4n) is 4.05. The number of aryl methyl sites for hydroxylation is 1. The van der Waals surface area contributed by atoms with Crippen molar-refractivity contribution < 1.29 is 4.79 Å². The van der Waals surface area contributed by atoms with Crippen molar-refractivity contribution in [1.29, 1.82) is 0 Å². The van der Waals surface area contributed by atoms with E-state index >= 15 is 0 Å². The van der Waals surface area contributed by atoms with Crippen LogP contribution >= 0.6 is 0 Å². The van der Waals surface area contributed by atoms with Gasteiger partial charge in [0.15, 0.2) is 0 Å². The number of H-pyrrole nitrogens is 1. The quantitative estimate of drug-likeness (QED) is 0.655. The van der Waals surface area contributed by atoms with E-state index in [-0.39, 0.29) is 17.9 Å². The van der Waals surface area contributed by atoms with E-state index in [4.69, 9.17) is 0 Å². The molecule has 3 aromatic rings. The molecular weight excluding hydrogens is 346 g/mol. The average molecular weight is 376 g/mol. The first-order chi connectivity index (χ1) is 13.4. The molecule has 4 nitrogen and oxygen atoms in total. The number of benzene rings is 2. The minimum atomic E-state index is 0.0407. The molecule has 4 heteroatoms. The van der Waals surface area contributed by atoms with Crippen LogP contribution in [-0.4, -0.2) is 27.3 Å². The molecule has 4 rings (SSSR count). The third kappa shape index (κ3) is 3.44. The lowest BCUT2D eigenvalue weighted by Crippen LogP contribution is -2.36. The fourth-order valence-corrected chi connectivity index (χ4v) is 4.05. The number of hydrogen-bond donors (Lipinski definition) is 1. The Bertz CT molecular complexity index is 1000. The maximum absolute atomic E-state index is 12.9. The van der Waals surface area contributed by atoms with Crippen LogP contribution in [0.15, 0.2) is 42.6 Å². The zero-order valence-electron chi connectivity index (χ0n) is 17.2. The number of nitrogens with zero attached hydrogens (tertiary/aromatic N) is 2. The van der Waals surface area contributed by atoms with Gasteiger partial charge in [0.05, 0.1) is 17.9 Å². The van der Waals surface area contributed by atoms with E-state index in [1.54, 1.807) is 0 Å². The minimum Gasteiger partial charge on any atom is -0.340 e. The molecule has 2 aromatic carbocycles. The summed E-state index contributed by atoms with van der Waals surface area (Å²) >= 11 is 0. The number of carbonyl (C=O) groups excluding carboxylic acids is 1. The predicted octanol–water partition coefficient (Wildman–Crippen LogP) is 5.49. The van der Waals surface area contributed by atoms with Crippen molar-refractivity contribution in [2.24, 2.45) is 11.8 Å². The third-order valence-electron chi connectivity index (χ3n) is 6.14. The first kappa shape index (κ1) is 18.7. The molecule has 1 aliphatic heterocycles. The Morgan fingerprint density at radius 2 is 1.89 bits per heavy atom. The molecule has 1 aliphatic rings. The second kappa shape index (κ2) is 7.42. The number of likely N-dealkylation sites (tertiary alicyclic amines) is 1. The predicted molar refractivity (Wildman–Crippen MR) is 114 cm³/mol. The number of fused-ring (bicyclic) bond motifs is 1. The number of imidazole rings is 1. The van der Waals surface area contributed by atoms with Crippen LogP contribution in [0.2, 0.25) is 0 Å². The first-order valence-electron chi connectivity index (χ1n) is 10.3. The highest BCUT2D eigenvalue weighted by atomic mass is 16.2. The average Bonchev–Trinajstić information content (AvgIpc) is 3.35. The van der Waals surface area contributed by atoms with Crippen LogP contribution in [0.5, 0.6) is 0 Å². The van der Waals surface area contributed by atoms with Gasteiger partial charge in [-0.1, -0.05) is 56.7 Å². The Balaban J connectivity index is 1.60. The van der Waals surface area contributed by atoms with Crippen LogP contribution in [0.25, 0.3) is 22.0 Å². The maximum Gasteiger partial charge on any atom is 0.226 e. The molecule has 1 fully saturated rings. The van der Waals surface area contributed by atoms with Crippen molar-refractivity contribution in [2.45, 2.75) is 46.6 Å². The van der Waals surface area contributed by atoms with Crippen molar-refractivity contribution in [3.63, 3.8) is 0 Å². The molecular formula is C24H29N3O. The topological polar surface area (TPSA) is 49.0 Å². The van der Waals surface area contributed by atoms with Gasteiger partial charge >= 0.3 is 0 Å². The van der Waals surface area contributed by atoms with E-state index in [0.717, 1.165) is 36.5 Å². The van der Waals surface area contributed by atoms with Crippen LogP contribution < -0.4 is 0 Å². The van der Waals surface area contributed by atoms with E-state index in [0.29, 0.717) is 5.92 Å². The molecule has 0 aliphatic carbocycles. The van der Waals surface area contributed by atoms with E-state index in [1.165, 1.54) is 16.3 Å². The van der Waals surface area contributed by atoms with E-state index in [2.05, 4.69) is 67.1 Å². The largest absolute Gasteiger partial charge is 0.340 e. The zero-order valence-corrected chi connectivity index (χ0v) is 17.2. The van der Waals surface area contributed by atoms with Crippen molar-refractivity contribution in [3.05, 3.63) is 54.0 Å². The zero-order chi connectivity index (χ0) is 19.8. The summed E-state index contributed by atoms with van der Waals surface area (Å²) in [6, 6.07) is 13.1. The molecule has 0 spiro atoms. The Hall–Kier alpha value is -2.62.